The molecule has 0 fully saturated rings. The number of para-hydroxylation sites is 1. The molecule has 0 spiro atoms. The first-order valence-corrected chi connectivity index (χ1v) is 10.0. The fraction of sp³-hybridized carbons (Fsp3) is 0.455. The van der Waals surface area contributed by atoms with Crippen molar-refractivity contribution in [2.24, 2.45) is 4.99 Å². The molecular weight excluding hydrogens is 368 g/mol. The molecule has 1 aromatic carbocycles. The van der Waals surface area contributed by atoms with E-state index in [9.17, 15) is 4.79 Å². The van der Waals surface area contributed by atoms with Crippen LogP contribution in [0.4, 0.5) is 0 Å². The second-order valence-electron chi connectivity index (χ2n) is 8.09. The van der Waals surface area contributed by atoms with Crippen LogP contribution in [0.2, 0.25) is 0 Å². The van der Waals surface area contributed by atoms with E-state index in [4.69, 9.17) is 9.15 Å². The second kappa shape index (κ2) is 9.49. The molecule has 0 bridgehead atoms. The van der Waals surface area contributed by atoms with Crippen LogP contribution in [0.15, 0.2) is 52.1 Å². The van der Waals surface area contributed by atoms with Crippen LogP contribution in [0.5, 0.6) is 5.75 Å². The van der Waals surface area contributed by atoms with Gasteiger partial charge in [0.15, 0.2) is 5.96 Å². The summed E-state index contributed by atoms with van der Waals surface area (Å²) in [6.45, 7) is 7.19. The van der Waals surface area contributed by atoms with E-state index in [1.807, 2.05) is 51.1 Å². The number of carbonyl (C=O) groups is 1. The Bertz CT molecular complexity index is 825. The fourth-order valence-electron chi connectivity index (χ4n) is 3.18. The van der Waals surface area contributed by atoms with Gasteiger partial charge in [0.25, 0.3) is 0 Å². The molecular formula is C22H30N4O3. The number of nitrogens with zero attached hydrogens (tertiary/aromatic N) is 1. The average Bonchev–Trinajstić information content (AvgIpc) is 3.18. The molecule has 0 saturated carbocycles. The van der Waals surface area contributed by atoms with Crippen molar-refractivity contribution >= 4 is 11.9 Å². The van der Waals surface area contributed by atoms with Crippen LogP contribution in [0, 0.1) is 0 Å². The molecule has 2 heterocycles. The molecule has 0 aliphatic carbocycles. The van der Waals surface area contributed by atoms with Gasteiger partial charge in [0.1, 0.15) is 18.1 Å². The van der Waals surface area contributed by atoms with Crippen LogP contribution in [-0.2, 0) is 11.2 Å². The molecule has 3 rings (SSSR count). The van der Waals surface area contributed by atoms with Crippen molar-refractivity contribution in [2.75, 3.05) is 19.7 Å². The van der Waals surface area contributed by atoms with Gasteiger partial charge in [-0.25, -0.2) is 4.99 Å². The predicted octanol–water partition coefficient (Wildman–Crippen LogP) is 2.80. The zero-order valence-corrected chi connectivity index (χ0v) is 17.3. The second-order valence-corrected chi connectivity index (χ2v) is 8.09. The van der Waals surface area contributed by atoms with E-state index in [0.29, 0.717) is 19.1 Å². The Kier molecular flexibility index (Phi) is 6.80. The molecule has 1 aliphatic rings. The number of ether oxygens (including phenoxy) is 1. The van der Waals surface area contributed by atoms with Gasteiger partial charge in [0, 0.05) is 30.5 Å². The minimum Gasteiger partial charge on any atom is -0.493 e. The van der Waals surface area contributed by atoms with Crippen molar-refractivity contribution in [3.8, 4) is 5.75 Å². The number of benzene rings is 1. The van der Waals surface area contributed by atoms with E-state index >= 15 is 0 Å². The molecule has 1 aromatic heterocycles. The lowest BCUT2D eigenvalue weighted by Crippen LogP contribution is -2.44. The van der Waals surface area contributed by atoms with Crippen LogP contribution in [-0.4, -0.2) is 37.1 Å². The van der Waals surface area contributed by atoms with Gasteiger partial charge in [-0.2, -0.15) is 0 Å². The lowest BCUT2D eigenvalue weighted by Gasteiger charge is -2.28. The lowest BCUT2D eigenvalue weighted by atomic mass is 10.0. The zero-order chi connectivity index (χ0) is 20.7. The van der Waals surface area contributed by atoms with Crippen LogP contribution in [0.1, 0.15) is 44.6 Å². The van der Waals surface area contributed by atoms with E-state index in [0.717, 1.165) is 29.9 Å². The van der Waals surface area contributed by atoms with Crippen LogP contribution in [0.25, 0.3) is 0 Å². The zero-order valence-electron chi connectivity index (χ0n) is 17.3. The number of fused-ring (bicyclic) bond motifs is 1. The van der Waals surface area contributed by atoms with E-state index in [-0.39, 0.29) is 24.0 Å². The number of nitrogens with one attached hydrogen (secondary N) is 3. The summed E-state index contributed by atoms with van der Waals surface area (Å²) >= 11 is 0. The van der Waals surface area contributed by atoms with E-state index in [1.165, 1.54) is 0 Å². The summed E-state index contributed by atoms with van der Waals surface area (Å²) in [6.07, 6.45) is 3.22. The number of furan rings is 1. The highest BCUT2D eigenvalue weighted by atomic mass is 16.5. The summed E-state index contributed by atoms with van der Waals surface area (Å²) in [5.41, 5.74) is 0.811. The summed E-state index contributed by atoms with van der Waals surface area (Å²) in [5.74, 6) is 2.27. The predicted molar refractivity (Wildman–Crippen MR) is 113 cm³/mol. The summed E-state index contributed by atoms with van der Waals surface area (Å²) in [7, 11) is 0. The number of carbonyl (C=O) groups excluding carboxylic acids is 1. The average molecular weight is 399 g/mol. The molecule has 156 valence electrons. The largest absolute Gasteiger partial charge is 0.493 e. The number of rotatable bonds is 6. The molecule has 1 unspecified atom stereocenters. The molecule has 29 heavy (non-hydrogen) atoms. The Morgan fingerprint density at radius 3 is 2.79 bits per heavy atom. The van der Waals surface area contributed by atoms with E-state index in [1.54, 1.807) is 6.26 Å². The summed E-state index contributed by atoms with van der Waals surface area (Å²) in [6, 6.07) is 11.9. The third-order valence-electron chi connectivity index (χ3n) is 4.41. The number of hydrogen-bond acceptors (Lipinski definition) is 4. The quantitative estimate of drug-likeness (QED) is 0.514. The van der Waals surface area contributed by atoms with Gasteiger partial charge < -0.3 is 25.1 Å². The highest BCUT2D eigenvalue weighted by Gasteiger charge is 2.22. The molecule has 1 aliphatic heterocycles. The highest BCUT2D eigenvalue weighted by Crippen LogP contribution is 2.31. The lowest BCUT2D eigenvalue weighted by molar-refractivity contribution is -0.121. The molecule has 7 nitrogen and oxygen atoms in total. The van der Waals surface area contributed by atoms with E-state index < -0.39 is 0 Å². The van der Waals surface area contributed by atoms with Crippen molar-refractivity contribution in [1.29, 1.82) is 0 Å². The maximum atomic E-state index is 12.2. The SMILES string of the molecule is CC(C)(C)NC(=O)CN=C(NCCc1ccco1)NC1CCOc2ccccc21. The van der Waals surface area contributed by atoms with Crippen LogP contribution in [0.3, 0.4) is 0 Å². The number of guanidine groups is 1. The Morgan fingerprint density at radius 2 is 2.03 bits per heavy atom. The maximum Gasteiger partial charge on any atom is 0.242 e. The third kappa shape index (κ3) is 6.55. The third-order valence-corrected chi connectivity index (χ3v) is 4.41. The van der Waals surface area contributed by atoms with Gasteiger partial charge >= 0.3 is 0 Å². The molecule has 0 saturated heterocycles. The van der Waals surface area contributed by atoms with E-state index in [2.05, 4.69) is 27.0 Å². The molecule has 0 radical (unpaired) electrons. The van der Waals surface area contributed by atoms with Crippen molar-refractivity contribution < 1.29 is 13.9 Å². The van der Waals surface area contributed by atoms with Gasteiger partial charge in [-0.05, 0) is 39.0 Å². The highest BCUT2D eigenvalue weighted by molar-refractivity contribution is 5.85. The van der Waals surface area contributed by atoms with Gasteiger partial charge in [-0.15, -0.1) is 0 Å². The fourth-order valence-corrected chi connectivity index (χ4v) is 3.18. The van der Waals surface area contributed by atoms with Gasteiger partial charge in [-0.3, -0.25) is 4.79 Å². The number of hydrogen-bond donors (Lipinski definition) is 3. The maximum absolute atomic E-state index is 12.2. The summed E-state index contributed by atoms with van der Waals surface area (Å²) < 4.78 is 11.1. The van der Waals surface area contributed by atoms with Gasteiger partial charge in [-0.1, -0.05) is 18.2 Å². The molecule has 3 N–H and O–H groups in total. The van der Waals surface area contributed by atoms with Gasteiger partial charge in [0.05, 0.1) is 18.9 Å². The monoisotopic (exact) mass is 398 g/mol. The molecule has 2 aromatic rings. The molecule has 7 heteroatoms. The standard InChI is InChI=1S/C22H30N4O3/c1-22(2,3)26-20(27)15-24-21(23-12-10-16-7-6-13-28-16)25-18-11-14-29-19-9-5-4-8-17(18)19/h4-9,13,18H,10-12,14-15H2,1-3H3,(H,26,27)(H2,23,24,25). The van der Waals surface area contributed by atoms with Gasteiger partial charge in [0.2, 0.25) is 5.91 Å². The Morgan fingerprint density at radius 1 is 1.21 bits per heavy atom. The topological polar surface area (TPSA) is 87.9 Å². The van der Waals surface area contributed by atoms with Crippen LogP contribution < -0.4 is 20.7 Å². The smallest absolute Gasteiger partial charge is 0.242 e. The number of aliphatic imine (C=N–C) groups is 1. The van der Waals surface area contributed by atoms with Crippen molar-refractivity contribution in [2.45, 2.75) is 45.2 Å². The summed E-state index contributed by atoms with van der Waals surface area (Å²) in [4.78, 5) is 16.7. The number of amides is 1. The van der Waals surface area contributed by atoms with Crippen molar-refractivity contribution in [3.63, 3.8) is 0 Å². The van der Waals surface area contributed by atoms with Crippen LogP contribution >= 0.6 is 0 Å². The summed E-state index contributed by atoms with van der Waals surface area (Å²) in [5, 5.41) is 9.71. The molecule has 1 atom stereocenters. The normalized spacial score (nSPS) is 16.5. The molecule has 1 amide bonds. The minimum absolute atomic E-state index is 0.0538. The Hall–Kier alpha value is -2.96. The Labute approximate surface area is 171 Å². The minimum atomic E-state index is -0.285. The first-order chi connectivity index (χ1) is 13.9. The Balaban J connectivity index is 1.66. The first-order valence-electron chi connectivity index (χ1n) is 10.0. The first kappa shape index (κ1) is 20.8. The van der Waals surface area contributed by atoms with Crippen molar-refractivity contribution in [1.82, 2.24) is 16.0 Å². The van der Waals surface area contributed by atoms with Crippen molar-refractivity contribution in [3.05, 3.63) is 54.0 Å².